The van der Waals surface area contributed by atoms with Gasteiger partial charge in [0, 0.05) is 13.1 Å². The minimum atomic E-state index is -3.56. The summed E-state index contributed by atoms with van der Waals surface area (Å²) in [5, 5.41) is 3.21. The summed E-state index contributed by atoms with van der Waals surface area (Å²) >= 11 is 0. The molecule has 2 N–H and O–H groups in total. The predicted molar refractivity (Wildman–Crippen MR) is 79.2 cm³/mol. The number of rotatable bonds is 4. The van der Waals surface area contributed by atoms with Crippen LogP contribution >= 0.6 is 0 Å². The van der Waals surface area contributed by atoms with E-state index in [-0.39, 0.29) is 0 Å². The molecule has 0 radical (unpaired) electrons. The van der Waals surface area contributed by atoms with Crippen molar-refractivity contribution in [3.63, 3.8) is 0 Å². The van der Waals surface area contributed by atoms with Crippen LogP contribution in [0, 0.1) is 6.92 Å². The molecule has 0 saturated heterocycles. The van der Waals surface area contributed by atoms with Gasteiger partial charge < -0.3 is 9.73 Å². The van der Waals surface area contributed by atoms with Crippen LogP contribution in [-0.2, 0) is 23.1 Å². The van der Waals surface area contributed by atoms with E-state index >= 15 is 0 Å². The second-order valence-corrected chi connectivity index (χ2v) is 7.04. The fourth-order valence-corrected chi connectivity index (χ4v) is 3.75. The summed E-state index contributed by atoms with van der Waals surface area (Å²) in [5.41, 5.74) is 2.20. The molecule has 0 spiro atoms. The Balaban J connectivity index is 1.83. The zero-order valence-electron chi connectivity index (χ0n) is 12.0. The fourth-order valence-electron chi connectivity index (χ4n) is 2.48. The van der Waals surface area contributed by atoms with Crippen molar-refractivity contribution in [2.24, 2.45) is 0 Å². The molecule has 1 atom stereocenters. The molecule has 5 nitrogen and oxygen atoms in total. The van der Waals surface area contributed by atoms with Crippen molar-refractivity contribution in [2.45, 2.75) is 37.9 Å². The highest BCUT2D eigenvalue weighted by atomic mass is 32.2. The Bertz CT molecular complexity index is 765. The van der Waals surface area contributed by atoms with Gasteiger partial charge in [0.15, 0.2) is 0 Å². The second kappa shape index (κ2) is 5.29. The van der Waals surface area contributed by atoms with E-state index in [0.29, 0.717) is 17.2 Å². The highest BCUT2D eigenvalue weighted by Crippen LogP contribution is 2.22. The quantitative estimate of drug-likeness (QED) is 0.908. The number of hydrogen-bond donors (Lipinski definition) is 2. The number of benzene rings is 1. The topological polar surface area (TPSA) is 71.3 Å². The maximum Gasteiger partial charge on any atom is 0.241 e. The van der Waals surface area contributed by atoms with Gasteiger partial charge in [-0.1, -0.05) is 6.07 Å². The number of fused-ring (bicyclic) bond motifs is 1. The van der Waals surface area contributed by atoms with Crippen molar-refractivity contribution in [1.82, 2.24) is 10.0 Å². The first-order chi connectivity index (χ1) is 9.95. The molecule has 6 heteroatoms. The zero-order valence-corrected chi connectivity index (χ0v) is 12.8. The van der Waals surface area contributed by atoms with Crippen molar-refractivity contribution in [3.05, 3.63) is 53.0 Å². The largest absolute Gasteiger partial charge is 0.465 e. The molecule has 1 aromatic carbocycles. The summed E-state index contributed by atoms with van der Waals surface area (Å²) in [7, 11) is -3.56. The molecule has 0 aliphatic carbocycles. The van der Waals surface area contributed by atoms with Gasteiger partial charge in [0.25, 0.3) is 0 Å². The summed E-state index contributed by atoms with van der Waals surface area (Å²) in [6.45, 7) is 5.11. The molecule has 112 valence electrons. The number of nitrogens with one attached hydrogen (secondary N) is 2. The molecule has 1 aliphatic rings. The highest BCUT2D eigenvalue weighted by Gasteiger charge is 2.22. The second-order valence-electron chi connectivity index (χ2n) is 5.33. The molecule has 2 aromatic rings. The number of hydrogen-bond acceptors (Lipinski definition) is 4. The Morgan fingerprint density at radius 1 is 1.19 bits per heavy atom. The molecule has 2 heterocycles. The lowest BCUT2D eigenvalue weighted by Gasteiger charge is -2.13. The third kappa shape index (κ3) is 2.88. The molecule has 1 aromatic heterocycles. The minimum Gasteiger partial charge on any atom is -0.465 e. The molecular weight excluding hydrogens is 288 g/mol. The van der Waals surface area contributed by atoms with Crippen LogP contribution in [0.15, 0.2) is 39.6 Å². The standard InChI is InChI=1S/C15H18N2O3S/c1-10-3-6-15(20-10)11(2)17-21(18,19)14-5-4-12-8-16-9-13(12)7-14/h3-7,11,16-17H,8-9H2,1-2H3. The van der Waals surface area contributed by atoms with Crippen LogP contribution in [0.2, 0.25) is 0 Å². The normalized spacial score (nSPS) is 15.9. The SMILES string of the molecule is Cc1ccc(C(C)NS(=O)(=O)c2ccc3c(c2)CNC3)o1. The molecule has 0 saturated carbocycles. The van der Waals surface area contributed by atoms with Crippen LogP contribution in [0.25, 0.3) is 0 Å². The van der Waals surface area contributed by atoms with Gasteiger partial charge in [-0.15, -0.1) is 0 Å². The van der Waals surface area contributed by atoms with E-state index in [2.05, 4.69) is 10.0 Å². The Morgan fingerprint density at radius 2 is 1.95 bits per heavy atom. The van der Waals surface area contributed by atoms with Crippen molar-refractivity contribution in [1.29, 1.82) is 0 Å². The van der Waals surface area contributed by atoms with Gasteiger partial charge in [0.1, 0.15) is 11.5 Å². The van der Waals surface area contributed by atoms with Crippen molar-refractivity contribution < 1.29 is 12.8 Å². The fraction of sp³-hybridized carbons (Fsp3) is 0.333. The highest BCUT2D eigenvalue weighted by molar-refractivity contribution is 7.89. The molecule has 3 rings (SSSR count). The van der Waals surface area contributed by atoms with Gasteiger partial charge >= 0.3 is 0 Å². The van der Waals surface area contributed by atoms with Crippen LogP contribution in [0.3, 0.4) is 0 Å². The minimum absolute atomic E-state index is 0.292. The zero-order chi connectivity index (χ0) is 15.0. The monoisotopic (exact) mass is 306 g/mol. The third-order valence-corrected chi connectivity index (χ3v) is 5.18. The van der Waals surface area contributed by atoms with E-state index in [0.717, 1.165) is 23.4 Å². The van der Waals surface area contributed by atoms with Gasteiger partial charge in [-0.25, -0.2) is 13.1 Å². The van der Waals surface area contributed by atoms with E-state index < -0.39 is 16.1 Å². The molecule has 0 fully saturated rings. The van der Waals surface area contributed by atoms with E-state index in [1.807, 2.05) is 19.1 Å². The van der Waals surface area contributed by atoms with Gasteiger partial charge in [-0.3, -0.25) is 0 Å². The maximum absolute atomic E-state index is 12.4. The summed E-state index contributed by atoms with van der Waals surface area (Å²) < 4.78 is 33.0. The van der Waals surface area contributed by atoms with E-state index in [1.54, 1.807) is 25.1 Å². The first kappa shape index (κ1) is 14.3. The third-order valence-electron chi connectivity index (χ3n) is 3.64. The van der Waals surface area contributed by atoms with Crippen LogP contribution in [0.4, 0.5) is 0 Å². The number of aryl methyl sites for hydroxylation is 1. The van der Waals surface area contributed by atoms with Gasteiger partial charge in [0.2, 0.25) is 10.0 Å². The molecule has 21 heavy (non-hydrogen) atoms. The van der Waals surface area contributed by atoms with Crippen LogP contribution < -0.4 is 10.0 Å². The average Bonchev–Trinajstić information content (AvgIpc) is 3.05. The van der Waals surface area contributed by atoms with Crippen molar-refractivity contribution >= 4 is 10.0 Å². The van der Waals surface area contributed by atoms with E-state index in [9.17, 15) is 8.42 Å². The molecule has 1 unspecified atom stereocenters. The maximum atomic E-state index is 12.4. The molecule has 0 bridgehead atoms. The van der Waals surface area contributed by atoms with Gasteiger partial charge in [-0.05, 0) is 49.2 Å². The Morgan fingerprint density at radius 3 is 2.67 bits per heavy atom. The van der Waals surface area contributed by atoms with Crippen LogP contribution in [0.5, 0.6) is 0 Å². The lowest BCUT2D eigenvalue weighted by Crippen LogP contribution is -2.26. The molecular formula is C15H18N2O3S. The Labute approximate surface area is 124 Å². The summed E-state index contributed by atoms with van der Waals surface area (Å²) in [5.74, 6) is 1.37. The summed E-state index contributed by atoms with van der Waals surface area (Å²) in [6.07, 6.45) is 0. The van der Waals surface area contributed by atoms with Crippen molar-refractivity contribution in [3.8, 4) is 0 Å². The van der Waals surface area contributed by atoms with Crippen LogP contribution in [-0.4, -0.2) is 8.42 Å². The van der Waals surface area contributed by atoms with Gasteiger partial charge in [0.05, 0.1) is 10.9 Å². The smallest absolute Gasteiger partial charge is 0.241 e. The van der Waals surface area contributed by atoms with E-state index in [1.165, 1.54) is 0 Å². The number of furan rings is 1. The van der Waals surface area contributed by atoms with E-state index in [4.69, 9.17) is 4.42 Å². The van der Waals surface area contributed by atoms with Crippen LogP contribution in [0.1, 0.15) is 35.6 Å². The molecule has 1 aliphatic heterocycles. The predicted octanol–water partition coefficient (Wildman–Crippen LogP) is 2.23. The number of sulfonamides is 1. The first-order valence-electron chi connectivity index (χ1n) is 6.87. The van der Waals surface area contributed by atoms with Crippen molar-refractivity contribution in [2.75, 3.05) is 0 Å². The Hall–Kier alpha value is -1.63. The van der Waals surface area contributed by atoms with Gasteiger partial charge in [-0.2, -0.15) is 0 Å². The lowest BCUT2D eigenvalue weighted by molar-refractivity contribution is 0.441. The lowest BCUT2D eigenvalue weighted by atomic mass is 10.1. The average molecular weight is 306 g/mol. The first-order valence-corrected chi connectivity index (χ1v) is 8.35. The molecule has 0 amide bonds. The summed E-state index contributed by atoms with van der Waals surface area (Å²) in [6, 6.07) is 8.45. The summed E-state index contributed by atoms with van der Waals surface area (Å²) in [4.78, 5) is 0.292. The Kier molecular flexibility index (Phi) is 3.61.